The fourth-order valence-corrected chi connectivity index (χ4v) is 1.70. The van der Waals surface area contributed by atoms with Crippen LogP contribution in [0.3, 0.4) is 0 Å². The van der Waals surface area contributed by atoms with Gasteiger partial charge in [-0.2, -0.15) is 0 Å². The van der Waals surface area contributed by atoms with Crippen LogP contribution in [0.5, 0.6) is 17.2 Å². The number of benzene rings is 2. The van der Waals surface area contributed by atoms with Crippen LogP contribution >= 0.6 is 11.6 Å². The third-order valence-electron chi connectivity index (χ3n) is 2.46. The Bertz CT molecular complexity index is 540. The zero-order valence-electron chi connectivity index (χ0n) is 9.89. The Morgan fingerprint density at radius 2 is 1.89 bits per heavy atom. The Balaban J connectivity index is 2.04. The molecule has 0 spiro atoms. The van der Waals surface area contributed by atoms with Gasteiger partial charge in [0.25, 0.3) is 0 Å². The van der Waals surface area contributed by atoms with Crippen LogP contribution in [0, 0.1) is 0 Å². The number of methoxy groups -OCH3 is 1. The quantitative estimate of drug-likeness (QED) is 0.916. The highest BCUT2D eigenvalue weighted by Gasteiger charge is 2.02. The van der Waals surface area contributed by atoms with Crippen molar-refractivity contribution >= 4 is 11.6 Å². The minimum atomic E-state index is 0.0711. The smallest absolute Gasteiger partial charge is 0.134 e. The summed E-state index contributed by atoms with van der Waals surface area (Å²) in [4.78, 5) is 0. The molecule has 2 aromatic carbocycles. The maximum absolute atomic E-state index is 9.31. The number of halogens is 1. The number of rotatable bonds is 4. The molecule has 0 unspecified atom stereocenters. The second-order valence-corrected chi connectivity index (χ2v) is 4.16. The van der Waals surface area contributed by atoms with Gasteiger partial charge >= 0.3 is 0 Å². The molecule has 0 saturated carbocycles. The first kappa shape index (κ1) is 12.6. The van der Waals surface area contributed by atoms with E-state index in [4.69, 9.17) is 21.1 Å². The van der Waals surface area contributed by atoms with Gasteiger partial charge in [0.15, 0.2) is 0 Å². The number of ether oxygens (including phenoxy) is 2. The highest BCUT2D eigenvalue weighted by molar-refractivity contribution is 6.32. The van der Waals surface area contributed by atoms with E-state index in [1.54, 1.807) is 25.3 Å². The summed E-state index contributed by atoms with van der Waals surface area (Å²) in [6.45, 7) is 0.382. The molecule has 0 amide bonds. The second kappa shape index (κ2) is 5.65. The monoisotopic (exact) mass is 264 g/mol. The van der Waals surface area contributed by atoms with Crippen LogP contribution in [-0.4, -0.2) is 12.2 Å². The topological polar surface area (TPSA) is 38.7 Å². The van der Waals surface area contributed by atoms with E-state index >= 15 is 0 Å². The summed E-state index contributed by atoms with van der Waals surface area (Å²) < 4.78 is 10.7. The van der Waals surface area contributed by atoms with Crippen molar-refractivity contribution in [1.29, 1.82) is 0 Å². The summed E-state index contributed by atoms with van der Waals surface area (Å²) in [5.41, 5.74) is 0.889. The molecule has 2 aromatic rings. The van der Waals surface area contributed by atoms with Crippen LogP contribution in [0.2, 0.25) is 5.02 Å². The Labute approximate surface area is 111 Å². The van der Waals surface area contributed by atoms with E-state index in [0.717, 1.165) is 17.1 Å². The van der Waals surface area contributed by atoms with Crippen LogP contribution < -0.4 is 9.47 Å². The van der Waals surface area contributed by atoms with E-state index in [9.17, 15) is 5.11 Å². The molecule has 0 fully saturated rings. The van der Waals surface area contributed by atoms with Crippen molar-refractivity contribution in [3.05, 3.63) is 53.1 Å². The summed E-state index contributed by atoms with van der Waals surface area (Å²) in [5, 5.41) is 9.63. The third kappa shape index (κ3) is 3.08. The van der Waals surface area contributed by atoms with Crippen molar-refractivity contribution in [3.8, 4) is 17.2 Å². The molecule has 0 aliphatic heterocycles. The van der Waals surface area contributed by atoms with Crippen LogP contribution in [0.1, 0.15) is 5.56 Å². The minimum absolute atomic E-state index is 0.0711. The first-order valence-electron chi connectivity index (χ1n) is 5.43. The average molecular weight is 265 g/mol. The van der Waals surface area contributed by atoms with Gasteiger partial charge in [-0.15, -0.1) is 0 Å². The van der Waals surface area contributed by atoms with E-state index in [-0.39, 0.29) is 5.75 Å². The second-order valence-electron chi connectivity index (χ2n) is 3.75. The molecule has 18 heavy (non-hydrogen) atoms. The Morgan fingerprint density at radius 1 is 1.11 bits per heavy atom. The van der Waals surface area contributed by atoms with Gasteiger partial charge in [-0.05, 0) is 29.8 Å². The summed E-state index contributed by atoms with van der Waals surface area (Å²) >= 11 is 5.82. The number of hydrogen-bond acceptors (Lipinski definition) is 3. The van der Waals surface area contributed by atoms with Crippen molar-refractivity contribution in [2.45, 2.75) is 6.61 Å². The molecular weight excluding hydrogens is 252 g/mol. The van der Waals surface area contributed by atoms with E-state index in [2.05, 4.69) is 0 Å². The first-order valence-corrected chi connectivity index (χ1v) is 5.81. The van der Waals surface area contributed by atoms with Crippen LogP contribution in [-0.2, 0) is 6.61 Å². The average Bonchev–Trinajstić information content (AvgIpc) is 2.40. The van der Waals surface area contributed by atoms with Crippen molar-refractivity contribution in [3.63, 3.8) is 0 Å². The van der Waals surface area contributed by atoms with Crippen molar-refractivity contribution < 1.29 is 14.6 Å². The van der Waals surface area contributed by atoms with Gasteiger partial charge in [-0.3, -0.25) is 0 Å². The van der Waals surface area contributed by atoms with E-state index in [1.165, 1.54) is 0 Å². The summed E-state index contributed by atoms with van der Waals surface area (Å²) in [5.74, 6) is 1.54. The van der Waals surface area contributed by atoms with Crippen LogP contribution in [0.4, 0.5) is 0 Å². The maximum atomic E-state index is 9.31. The molecule has 1 N–H and O–H groups in total. The molecule has 2 rings (SSSR count). The largest absolute Gasteiger partial charge is 0.506 e. The van der Waals surface area contributed by atoms with Gasteiger partial charge in [0.2, 0.25) is 0 Å². The zero-order chi connectivity index (χ0) is 13.0. The van der Waals surface area contributed by atoms with Gasteiger partial charge in [0.1, 0.15) is 23.9 Å². The SMILES string of the molecule is COc1cccc(OCc2ccc(O)c(Cl)c2)c1. The zero-order valence-corrected chi connectivity index (χ0v) is 10.6. The lowest BCUT2D eigenvalue weighted by atomic mass is 10.2. The number of phenols is 1. The molecule has 0 aliphatic rings. The molecule has 0 radical (unpaired) electrons. The van der Waals surface area contributed by atoms with E-state index < -0.39 is 0 Å². The summed E-state index contributed by atoms with van der Waals surface area (Å²) in [7, 11) is 1.61. The fraction of sp³-hybridized carbons (Fsp3) is 0.143. The molecule has 4 heteroatoms. The lowest BCUT2D eigenvalue weighted by Crippen LogP contribution is -1.95. The van der Waals surface area contributed by atoms with Crippen molar-refractivity contribution in [2.75, 3.05) is 7.11 Å². The minimum Gasteiger partial charge on any atom is -0.506 e. The van der Waals surface area contributed by atoms with E-state index in [1.807, 2.05) is 24.3 Å². The predicted octanol–water partition coefficient (Wildman–Crippen LogP) is 3.63. The van der Waals surface area contributed by atoms with Gasteiger partial charge in [-0.25, -0.2) is 0 Å². The molecule has 94 valence electrons. The molecule has 0 aliphatic carbocycles. The molecule has 0 aromatic heterocycles. The normalized spacial score (nSPS) is 10.1. The van der Waals surface area contributed by atoms with Gasteiger partial charge < -0.3 is 14.6 Å². The van der Waals surface area contributed by atoms with Gasteiger partial charge in [-0.1, -0.05) is 23.7 Å². The molecule has 3 nitrogen and oxygen atoms in total. The van der Waals surface area contributed by atoms with Gasteiger partial charge in [0, 0.05) is 6.07 Å². The molecule has 0 atom stereocenters. The van der Waals surface area contributed by atoms with E-state index in [0.29, 0.717) is 11.6 Å². The number of hydrogen-bond donors (Lipinski definition) is 1. The highest BCUT2D eigenvalue weighted by atomic mass is 35.5. The Kier molecular flexibility index (Phi) is 3.95. The van der Waals surface area contributed by atoms with Crippen LogP contribution in [0.15, 0.2) is 42.5 Å². The third-order valence-corrected chi connectivity index (χ3v) is 2.76. The Hall–Kier alpha value is -1.87. The predicted molar refractivity (Wildman–Crippen MR) is 70.4 cm³/mol. The Morgan fingerprint density at radius 3 is 2.61 bits per heavy atom. The van der Waals surface area contributed by atoms with Crippen molar-refractivity contribution in [2.24, 2.45) is 0 Å². The van der Waals surface area contributed by atoms with Gasteiger partial charge in [0.05, 0.1) is 12.1 Å². The maximum Gasteiger partial charge on any atom is 0.134 e. The fourth-order valence-electron chi connectivity index (χ4n) is 1.50. The standard InChI is InChI=1S/C14H13ClO3/c1-17-11-3-2-4-12(8-11)18-9-10-5-6-14(16)13(15)7-10/h2-8,16H,9H2,1H3. The number of aromatic hydroxyl groups is 1. The summed E-state index contributed by atoms with van der Waals surface area (Å²) in [6, 6.07) is 12.4. The molecular formula is C14H13ClO3. The lowest BCUT2D eigenvalue weighted by Gasteiger charge is -2.08. The molecule has 0 bridgehead atoms. The first-order chi connectivity index (χ1) is 8.69. The lowest BCUT2D eigenvalue weighted by molar-refractivity contribution is 0.303. The molecule has 0 saturated heterocycles. The van der Waals surface area contributed by atoms with Crippen LogP contribution in [0.25, 0.3) is 0 Å². The number of phenolic OH excluding ortho intramolecular Hbond substituents is 1. The van der Waals surface area contributed by atoms with Crippen molar-refractivity contribution in [1.82, 2.24) is 0 Å². The summed E-state index contributed by atoms with van der Waals surface area (Å²) in [6.07, 6.45) is 0. The molecule has 0 heterocycles. The highest BCUT2D eigenvalue weighted by Crippen LogP contribution is 2.25.